The monoisotopic (exact) mass is 275 g/mol. The highest BCUT2D eigenvalue weighted by molar-refractivity contribution is 5.88. The molecular formula is C14H14FN3O2. The molecule has 5 nitrogen and oxygen atoms in total. The Hall–Kier alpha value is -2.37. The Morgan fingerprint density at radius 3 is 2.75 bits per heavy atom. The molecule has 1 heterocycles. The molecule has 1 aliphatic carbocycles. The van der Waals surface area contributed by atoms with E-state index in [4.69, 9.17) is 0 Å². The summed E-state index contributed by atoms with van der Waals surface area (Å²) < 4.78 is 15.1. The Morgan fingerprint density at radius 2 is 2.20 bits per heavy atom. The second kappa shape index (κ2) is 4.33. The molecule has 0 atom stereocenters. The van der Waals surface area contributed by atoms with Gasteiger partial charge in [0.2, 0.25) is 0 Å². The smallest absolute Gasteiger partial charge is 0.314 e. The summed E-state index contributed by atoms with van der Waals surface area (Å²) in [5, 5.41) is 16.5. The van der Waals surface area contributed by atoms with Crippen LogP contribution in [0.3, 0.4) is 0 Å². The maximum absolute atomic E-state index is 13.5. The number of aliphatic carboxylic acids is 1. The second-order valence-electron chi connectivity index (χ2n) is 5.04. The lowest BCUT2D eigenvalue weighted by Gasteiger charge is -2.17. The van der Waals surface area contributed by atoms with Crippen molar-refractivity contribution < 1.29 is 14.3 Å². The number of nitrogens with one attached hydrogen (secondary N) is 1. The summed E-state index contributed by atoms with van der Waals surface area (Å²) in [6, 6.07) is 5.97. The second-order valence-corrected chi connectivity index (χ2v) is 5.04. The Kier molecular flexibility index (Phi) is 2.74. The van der Waals surface area contributed by atoms with E-state index in [0.29, 0.717) is 24.1 Å². The molecule has 20 heavy (non-hydrogen) atoms. The van der Waals surface area contributed by atoms with Crippen molar-refractivity contribution in [1.82, 2.24) is 9.78 Å². The van der Waals surface area contributed by atoms with Gasteiger partial charge in [0.15, 0.2) is 0 Å². The number of aromatic nitrogens is 2. The number of carboxylic acid groups (broad SMARTS) is 1. The molecule has 1 aliphatic rings. The van der Waals surface area contributed by atoms with E-state index < -0.39 is 17.2 Å². The number of carbonyl (C=O) groups is 1. The van der Waals surface area contributed by atoms with Gasteiger partial charge in [0.1, 0.15) is 11.6 Å². The maximum Gasteiger partial charge on any atom is 0.314 e. The molecule has 0 aliphatic heterocycles. The van der Waals surface area contributed by atoms with E-state index in [0.717, 1.165) is 5.82 Å². The summed E-state index contributed by atoms with van der Waals surface area (Å²) in [6.45, 7) is 0. The summed E-state index contributed by atoms with van der Waals surface area (Å²) >= 11 is 0. The Morgan fingerprint density at radius 1 is 1.45 bits per heavy atom. The first-order valence-electron chi connectivity index (χ1n) is 6.31. The fourth-order valence-electron chi connectivity index (χ4n) is 2.38. The Labute approximate surface area is 115 Å². The van der Waals surface area contributed by atoms with E-state index in [9.17, 15) is 14.3 Å². The molecule has 6 heteroatoms. The average Bonchev–Trinajstić information content (AvgIpc) is 3.12. The van der Waals surface area contributed by atoms with Gasteiger partial charge in [0.05, 0.1) is 11.6 Å². The number of aryl methyl sites for hydroxylation is 1. The van der Waals surface area contributed by atoms with Gasteiger partial charge >= 0.3 is 5.97 Å². The summed E-state index contributed by atoms with van der Waals surface area (Å²) in [5.41, 5.74) is 0.143. The first-order chi connectivity index (χ1) is 9.53. The summed E-state index contributed by atoms with van der Waals surface area (Å²) in [7, 11) is 1.77. The van der Waals surface area contributed by atoms with Crippen LogP contribution in [0.4, 0.5) is 15.9 Å². The highest BCUT2D eigenvalue weighted by Crippen LogP contribution is 2.51. The van der Waals surface area contributed by atoms with Crippen LogP contribution in [-0.2, 0) is 17.3 Å². The number of carboxylic acids is 1. The molecule has 0 amide bonds. The van der Waals surface area contributed by atoms with Gasteiger partial charge in [-0.2, -0.15) is 5.10 Å². The van der Waals surface area contributed by atoms with Crippen LogP contribution in [-0.4, -0.2) is 20.9 Å². The van der Waals surface area contributed by atoms with Crippen LogP contribution >= 0.6 is 0 Å². The normalized spacial score (nSPS) is 15.9. The van der Waals surface area contributed by atoms with E-state index in [-0.39, 0.29) is 0 Å². The van der Waals surface area contributed by atoms with Gasteiger partial charge in [-0.15, -0.1) is 0 Å². The predicted octanol–water partition coefficient (Wildman–Crippen LogP) is 2.42. The highest BCUT2D eigenvalue weighted by Gasteiger charge is 2.53. The fourth-order valence-corrected chi connectivity index (χ4v) is 2.38. The molecular weight excluding hydrogens is 261 g/mol. The zero-order chi connectivity index (χ0) is 14.3. The van der Waals surface area contributed by atoms with Crippen molar-refractivity contribution in [3.8, 4) is 0 Å². The number of halogens is 1. The number of anilines is 2. The third-order valence-electron chi connectivity index (χ3n) is 3.74. The van der Waals surface area contributed by atoms with Crippen molar-refractivity contribution in [3.05, 3.63) is 41.8 Å². The molecule has 0 spiro atoms. The lowest BCUT2D eigenvalue weighted by molar-refractivity contribution is -0.140. The zero-order valence-corrected chi connectivity index (χ0v) is 10.9. The van der Waals surface area contributed by atoms with Crippen LogP contribution in [0.5, 0.6) is 0 Å². The van der Waals surface area contributed by atoms with E-state index >= 15 is 0 Å². The average molecular weight is 275 g/mol. The van der Waals surface area contributed by atoms with Gasteiger partial charge in [-0.05, 0) is 36.6 Å². The topological polar surface area (TPSA) is 67.2 Å². The van der Waals surface area contributed by atoms with Crippen molar-refractivity contribution in [1.29, 1.82) is 0 Å². The molecule has 2 N–H and O–H groups in total. The molecule has 0 bridgehead atoms. The van der Waals surface area contributed by atoms with Gasteiger partial charge in [-0.25, -0.2) is 4.39 Å². The van der Waals surface area contributed by atoms with Crippen LogP contribution in [0.25, 0.3) is 0 Å². The molecule has 1 aromatic heterocycles. The quantitative estimate of drug-likeness (QED) is 0.899. The SMILES string of the molecule is Cn1nccc1Nc1ccc(F)cc1C1(C(=O)O)CC1. The summed E-state index contributed by atoms with van der Waals surface area (Å²) in [5.74, 6) is -0.613. The standard InChI is InChI=1S/C14H14FN3O2/c1-18-12(4-7-16-18)17-11-3-2-9(15)8-10(11)14(5-6-14)13(19)20/h2-4,7-8,17H,5-6H2,1H3,(H,19,20). The largest absolute Gasteiger partial charge is 0.481 e. The zero-order valence-electron chi connectivity index (χ0n) is 10.9. The number of hydrogen-bond donors (Lipinski definition) is 2. The molecule has 0 saturated heterocycles. The highest BCUT2D eigenvalue weighted by atomic mass is 19.1. The van der Waals surface area contributed by atoms with Crippen LogP contribution < -0.4 is 5.32 Å². The third-order valence-corrected chi connectivity index (χ3v) is 3.74. The molecule has 0 unspecified atom stereocenters. The van der Waals surface area contributed by atoms with Crippen LogP contribution in [0.1, 0.15) is 18.4 Å². The van der Waals surface area contributed by atoms with Gasteiger partial charge in [-0.3, -0.25) is 9.48 Å². The van der Waals surface area contributed by atoms with Crippen LogP contribution in [0.15, 0.2) is 30.5 Å². The minimum atomic E-state index is -0.955. The predicted molar refractivity (Wildman–Crippen MR) is 71.4 cm³/mol. The van der Waals surface area contributed by atoms with E-state index in [1.807, 2.05) is 0 Å². The lowest BCUT2D eigenvalue weighted by Crippen LogP contribution is -2.21. The summed E-state index contributed by atoms with van der Waals surface area (Å²) in [4.78, 5) is 11.4. The van der Waals surface area contributed by atoms with Gasteiger partial charge in [-0.1, -0.05) is 0 Å². The van der Waals surface area contributed by atoms with E-state index in [1.54, 1.807) is 30.1 Å². The Balaban J connectivity index is 2.04. The van der Waals surface area contributed by atoms with Gasteiger partial charge < -0.3 is 10.4 Å². The van der Waals surface area contributed by atoms with Crippen molar-refractivity contribution in [2.45, 2.75) is 18.3 Å². The van der Waals surface area contributed by atoms with Crippen molar-refractivity contribution in [3.63, 3.8) is 0 Å². The van der Waals surface area contributed by atoms with E-state index in [2.05, 4.69) is 10.4 Å². The number of nitrogens with zero attached hydrogens (tertiary/aromatic N) is 2. The minimum Gasteiger partial charge on any atom is -0.481 e. The molecule has 2 aromatic rings. The molecule has 1 saturated carbocycles. The summed E-state index contributed by atoms with van der Waals surface area (Å²) in [6.07, 6.45) is 2.70. The molecule has 1 fully saturated rings. The van der Waals surface area contributed by atoms with Crippen LogP contribution in [0, 0.1) is 5.82 Å². The first kappa shape index (κ1) is 12.7. The molecule has 1 aromatic carbocycles. The van der Waals surface area contributed by atoms with Crippen molar-refractivity contribution in [2.24, 2.45) is 7.05 Å². The van der Waals surface area contributed by atoms with Crippen molar-refractivity contribution in [2.75, 3.05) is 5.32 Å². The van der Waals surface area contributed by atoms with Crippen LogP contribution in [0.2, 0.25) is 0 Å². The van der Waals surface area contributed by atoms with Gasteiger partial charge in [0.25, 0.3) is 0 Å². The molecule has 0 radical (unpaired) electrons. The maximum atomic E-state index is 13.5. The first-order valence-corrected chi connectivity index (χ1v) is 6.31. The number of rotatable bonds is 4. The number of hydrogen-bond acceptors (Lipinski definition) is 3. The Bertz CT molecular complexity index is 677. The molecule has 104 valence electrons. The molecule has 3 rings (SSSR count). The fraction of sp³-hybridized carbons (Fsp3) is 0.286. The number of benzene rings is 1. The third kappa shape index (κ3) is 1.93. The van der Waals surface area contributed by atoms with Gasteiger partial charge in [0, 0.05) is 18.8 Å². The van der Waals surface area contributed by atoms with Crippen molar-refractivity contribution >= 4 is 17.5 Å². The lowest BCUT2D eigenvalue weighted by atomic mass is 9.94. The minimum absolute atomic E-state index is 0.428. The van der Waals surface area contributed by atoms with E-state index in [1.165, 1.54) is 12.1 Å².